The van der Waals surface area contributed by atoms with Crippen LogP contribution in [0.2, 0.25) is 0 Å². The van der Waals surface area contributed by atoms with E-state index in [1.165, 1.54) is 0 Å². The van der Waals surface area contributed by atoms with Crippen LogP contribution in [0.4, 0.5) is 8.78 Å². The molecule has 0 amide bonds. The summed E-state index contributed by atoms with van der Waals surface area (Å²) in [5, 5.41) is 9.25. The van der Waals surface area contributed by atoms with Crippen molar-refractivity contribution in [1.82, 2.24) is 4.90 Å². The molecule has 0 saturated carbocycles. The molecule has 6 heteroatoms. The summed E-state index contributed by atoms with van der Waals surface area (Å²) in [4.78, 5) is 13.3. The first kappa shape index (κ1) is 16.7. The van der Waals surface area contributed by atoms with Crippen molar-refractivity contribution in [1.29, 1.82) is 0 Å². The number of alkyl halides is 2. The first-order chi connectivity index (χ1) is 10.2. The Hall–Kier alpha value is -1.69. The lowest BCUT2D eigenvalue weighted by atomic mass is 9.90. The summed E-state index contributed by atoms with van der Waals surface area (Å²) in [6.07, 6.45) is 0.618. The molecule has 0 radical (unpaired) electrons. The molecular formula is C16H21F2NO3. The zero-order valence-corrected chi connectivity index (χ0v) is 13.0. The minimum Gasteiger partial charge on any atom is -0.481 e. The fraction of sp³-hybridized carbons (Fsp3) is 0.562. The summed E-state index contributed by atoms with van der Waals surface area (Å²) >= 11 is 0. The van der Waals surface area contributed by atoms with Crippen LogP contribution in [-0.4, -0.2) is 35.7 Å². The maximum Gasteiger partial charge on any atom is 0.387 e. The highest BCUT2D eigenvalue weighted by atomic mass is 19.3. The lowest BCUT2D eigenvalue weighted by Gasteiger charge is -2.21. The molecule has 1 saturated heterocycles. The summed E-state index contributed by atoms with van der Waals surface area (Å²) < 4.78 is 29.3. The zero-order valence-electron chi connectivity index (χ0n) is 13.0. The van der Waals surface area contributed by atoms with Gasteiger partial charge in [-0.2, -0.15) is 8.78 Å². The monoisotopic (exact) mass is 313 g/mol. The number of carboxylic acids is 1. The zero-order chi connectivity index (χ0) is 16.5. The maximum atomic E-state index is 12.4. The number of nitrogens with zero attached hydrogens (tertiary/aromatic N) is 1. The van der Waals surface area contributed by atoms with Crippen molar-refractivity contribution in [2.75, 3.05) is 13.1 Å². The standard InChI is InChI=1S/C16H21F2NO3/c1-10-6-12(7-11(2)13(10)22-15(17)18)8-19-5-4-16(3,9-19)14(20)21/h6-7,15H,4-5,8-9H2,1-3H3,(H,20,21). The molecule has 1 aromatic carbocycles. The van der Waals surface area contributed by atoms with Gasteiger partial charge in [-0.25, -0.2) is 0 Å². The summed E-state index contributed by atoms with van der Waals surface area (Å²) in [7, 11) is 0. The average molecular weight is 313 g/mol. The predicted molar refractivity (Wildman–Crippen MR) is 78.2 cm³/mol. The lowest BCUT2D eigenvalue weighted by molar-refractivity contribution is -0.147. The van der Waals surface area contributed by atoms with Crippen LogP contribution in [0.1, 0.15) is 30.0 Å². The normalized spacial score (nSPS) is 22.3. The molecule has 0 aromatic heterocycles. The molecule has 1 aliphatic rings. The molecule has 1 heterocycles. The van der Waals surface area contributed by atoms with Crippen molar-refractivity contribution in [2.45, 2.75) is 40.3 Å². The van der Waals surface area contributed by atoms with Crippen molar-refractivity contribution in [3.8, 4) is 5.75 Å². The number of hydrogen-bond donors (Lipinski definition) is 1. The van der Waals surface area contributed by atoms with Crippen LogP contribution < -0.4 is 4.74 Å². The number of hydrogen-bond acceptors (Lipinski definition) is 3. The molecule has 2 rings (SSSR count). The van der Waals surface area contributed by atoms with Crippen molar-refractivity contribution < 1.29 is 23.4 Å². The van der Waals surface area contributed by atoms with Gasteiger partial charge in [-0.1, -0.05) is 12.1 Å². The molecule has 0 bridgehead atoms. The van der Waals surface area contributed by atoms with Gasteiger partial charge >= 0.3 is 12.6 Å². The number of carbonyl (C=O) groups is 1. The highest BCUT2D eigenvalue weighted by Gasteiger charge is 2.40. The van der Waals surface area contributed by atoms with E-state index in [0.29, 0.717) is 30.6 Å². The molecule has 122 valence electrons. The minimum absolute atomic E-state index is 0.218. The molecule has 4 nitrogen and oxygen atoms in total. The highest BCUT2D eigenvalue weighted by Crippen LogP contribution is 2.32. The Bertz CT molecular complexity index is 554. The van der Waals surface area contributed by atoms with Gasteiger partial charge in [0.1, 0.15) is 5.75 Å². The fourth-order valence-electron chi connectivity index (χ4n) is 3.03. The van der Waals surface area contributed by atoms with Gasteiger partial charge in [0, 0.05) is 13.1 Å². The number of ether oxygens (including phenoxy) is 1. The molecule has 0 spiro atoms. The van der Waals surface area contributed by atoms with E-state index in [9.17, 15) is 18.7 Å². The molecule has 1 aromatic rings. The smallest absolute Gasteiger partial charge is 0.387 e. The Morgan fingerprint density at radius 3 is 2.45 bits per heavy atom. The Balaban J connectivity index is 2.10. The van der Waals surface area contributed by atoms with Crippen LogP contribution in [0.3, 0.4) is 0 Å². The average Bonchev–Trinajstić information content (AvgIpc) is 2.77. The Kier molecular flexibility index (Phi) is 4.70. The van der Waals surface area contributed by atoms with Gasteiger partial charge in [-0.05, 0) is 50.4 Å². The van der Waals surface area contributed by atoms with E-state index < -0.39 is 18.0 Å². The van der Waals surface area contributed by atoms with Gasteiger partial charge in [0.15, 0.2) is 0 Å². The van der Waals surface area contributed by atoms with E-state index in [0.717, 1.165) is 12.1 Å². The fourth-order valence-corrected chi connectivity index (χ4v) is 3.03. The molecular weight excluding hydrogens is 292 g/mol. The minimum atomic E-state index is -2.84. The van der Waals surface area contributed by atoms with Gasteiger partial charge in [0.25, 0.3) is 0 Å². The predicted octanol–water partition coefficient (Wildman–Crippen LogP) is 3.20. The molecule has 0 aliphatic carbocycles. The second-order valence-electron chi connectivity index (χ2n) is 6.26. The number of aliphatic carboxylic acids is 1. The van der Waals surface area contributed by atoms with Crippen LogP contribution >= 0.6 is 0 Å². The van der Waals surface area contributed by atoms with E-state index in [4.69, 9.17) is 0 Å². The molecule has 1 N–H and O–H groups in total. The van der Waals surface area contributed by atoms with Gasteiger partial charge in [-0.3, -0.25) is 9.69 Å². The van der Waals surface area contributed by atoms with Crippen molar-refractivity contribution in [2.24, 2.45) is 5.41 Å². The number of benzene rings is 1. The Labute approximate surface area is 128 Å². The third kappa shape index (κ3) is 3.55. The Morgan fingerprint density at radius 2 is 2.00 bits per heavy atom. The topological polar surface area (TPSA) is 49.8 Å². The molecule has 1 fully saturated rings. The second-order valence-corrected chi connectivity index (χ2v) is 6.26. The summed E-state index contributed by atoms with van der Waals surface area (Å²) in [5.41, 5.74) is 1.60. The van der Waals surface area contributed by atoms with Crippen LogP contribution in [0.5, 0.6) is 5.75 Å². The number of carboxylic acid groups (broad SMARTS) is 1. The third-order valence-electron chi connectivity index (χ3n) is 4.20. The molecule has 1 aliphatic heterocycles. The first-order valence-corrected chi connectivity index (χ1v) is 7.22. The van der Waals surface area contributed by atoms with Crippen LogP contribution in [0.15, 0.2) is 12.1 Å². The van der Waals surface area contributed by atoms with Gasteiger partial charge in [0.05, 0.1) is 5.41 Å². The van der Waals surface area contributed by atoms with Crippen molar-refractivity contribution in [3.05, 3.63) is 28.8 Å². The largest absolute Gasteiger partial charge is 0.481 e. The molecule has 1 unspecified atom stereocenters. The van der Waals surface area contributed by atoms with E-state index in [1.54, 1.807) is 20.8 Å². The maximum absolute atomic E-state index is 12.4. The SMILES string of the molecule is Cc1cc(CN2CCC(C)(C(=O)O)C2)cc(C)c1OC(F)F. The van der Waals surface area contributed by atoms with Crippen LogP contribution in [-0.2, 0) is 11.3 Å². The summed E-state index contributed by atoms with van der Waals surface area (Å²) in [5.74, 6) is -0.557. The van der Waals surface area contributed by atoms with Gasteiger partial charge in [0.2, 0.25) is 0 Å². The van der Waals surface area contributed by atoms with Gasteiger partial charge in [-0.15, -0.1) is 0 Å². The van der Waals surface area contributed by atoms with Crippen LogP contribution in [0, 0.1) is 19.3 Å². The van der Waals surface area contributed by atoms with E-state index in [1.807, 2.05) is 12.1 Å². The lowest BCUT2D eigenvalue weighted by Crippen LogP contribution is -2.31. The molecule has 1 atom stereocenters. The van der Waals surface area contributed by atoms with Crippen molar-refractivity contribution >= 4 is 5.97 Å². The van der Waals surface area contributed by atoms with Crippen LogP contribution in [0.25, 0.3) is 0 Å². The number of halogens is 2. The van der Waals surface area contributed by atoms with E-state index >= 15 is 0 Å². The highest BCUT2D eigenvalue weighted by molar-refractivity contribution is 5.74. The van der Waals surface area contributed by atoms with Crippen molar-refractivity contribution in [3.63, 3.8) is 0 Å². The first-order valence-electron chi connectivity index (χ1n) is 7.22. The number of rotatable bonds is 5. The second kappa shape index (κ2) is 6.20. The van der Waals surface area contributed by atoms with Gasteiger partial charge < -0.3 is 9.84 Å². The summed E-state index contributed by atoms with van der Waals surface area (Å²) in [6.45, 7) is 4.22. The molecule has 22 heavy (non-hydrogen) atoms. The Morgan fingerprint density at radius 1 is 1.41 bits per heavy atom. The summed E-state index contributed by atoms with van der Waals surface area (Å²) in [6, 6.07) is 3.64. The number of aryl methyl sites for hydroxylation is 2. The van der Waals surface area contributed by atoms with E-state index in [-0.39, 0.29) is 5.75 Å². The van der Waals surface area contributed by atoms with E-state index in [2.05, 4.69) is 9.64 Å². The third-order valence-corrected chi connectivity index (χ3v) is 4.20. The quantitative estimate of drug-likeness (QED) is 0.907. The number of likely N-dealkylation sites (tertiary alicyclic amines) is 1.